The van der Waals surface area contributed by atoms with Crippen molar-refractivity contribution in [3.63, 3.8) is 0 Å². The minimum atomic E-state index is -0.799. The molecule has 108 valence electrons. The van der Waals surface area contributed by atoms with Crippen molar-refractivity contribution < 1.29 is 17.9 Å². The second-order valence-electron chi connectivity index (χ2n) is 4.17. The van der Waals surface area contributed by atoms with Gasteiger partial charge in [-0.05, 0) is 24.3 Å². The summed E-state index contributed by atoms with van der Waals surface area (Å²) < 4.78 is 44.7. The summed E-state index contributed by atoms with van der Waals surface area (Å²) in [6.45, 7) is 0.126. The number of halogens is 3. The van der Waals surface area contributed by atoms with Crippen LogP contribution in [0.25, 0.3) is 0 Å². The van der Waals surface area contributed by atoms with E-state index in [1.807, 2.05) is 0 Å². The minimum absolute atomic E-state index is 0.0165. The second kappa shape index (κ2) is 6.82. The van der Waals surface area contributed by atoms with Crippen LogP contribution < -0.4 is 10.5 Å². The highest BCUT2D eigenvalue weighted by atomic mass is 19.1. The molecule has 2 aromatic carbocycles. The van der Waals surface area contributed by atoms with Crippen molar-refractivity contribution in [2.45, 2.75) is 6.61 Å². The fourth-order valence-electron chi connectivity index (χ4n) is 1.68. The molecule has 0 amide bonds. The zero-order valence-electron chi connectivity index (χ0n) is 11.0. The Morgan fingerprint density at radius 1 is 1.00 bits per heavy atom. The number of nitrogens with two attached hydrogens (primary N) is 1. The predicted molar refractivity (Wildman–Crippen MR) is 73.0 cm³/mol. The quantitative estimate of drug-likeness (QED) is 0.882. The van der Waals surface area contributed by atoms with E-state index >= 15 is 0 Å². The molecule has 0 atom stereocenters. The summed E-state index contributed by atoms with van der Waals surface area (Å²) in [5.74, 6) is 3.34. The Balaban J connectivity index is 2.19. The van der Waals surface area contributed by atoms with Crippen LogP contribution in [-0.2, 0) is 6.61 Å². The van der Waals surface area contributed by atoms with Crippen LogP contribution in [-0.4, -0.2) is 6.54 Å². The third kappa shape index (κ3) is 4.01. The molecule has 2 nitrogen and oxygen atoms in total. The Kier molecular flexibility index (Phi) is 4.85. The van der Waals surface area contributed by atoms with Crippen LogP contribution in [0.2, 0.25) is 0 Å². The Morgan fingerprint density at radius 2 is 1.71 bits per heavy atom. The van der Waals surface area contributed by atoms with Crippen LogP contribution in [0.5, 0.6) is 5.75 Å². The Morgan fingerprint density at radius 3 is 2.43 bits per heavy atom. The molecule has 0 fully saturated rings. The molecule has 2 rings (SSSR count). The molecule has 0 bridgehead atoms. The molecular weight excluding hydrogens is 279 g/mol. The van der Waals surface area contributed by atoms with E-state index in [0.717, 1.165) is 12.1 Å². The molecule has 0 aliphatic heterocycles. The zero-order valence-corrected chi connectivity index (χ0v) is 11.0. The van der Waals surface area contributed by atoms with Crippen LogP contribution in [0, 0.1) is 29.3 Å². The van der Waals surface area contributed by atoms with Gasteiger partial charge in [-0.25, -0.2) is 13.2 Å². The van der Waals surface area contributed by atoms with Crippen molar-refractivity contribution in [1.82, 2.24) is 0 Å². The van der Waals surface area contributed by atoms with Gasteiger partial charge in [0.05, 0.1) is 6.54 Å². The summed E-state index contributed by atoms with van der Waals surface area (Å²) in [6, 6.07) is 7.03. The van der Waals surface area contributed by atoms with E-state index < -0.39 is 17.5 Å². The van der Waals surface area contributed by atoms with Gasteiger partial charge in [0, 0.05) is 17.2 Å². The minimum Gasteiger partial charge on any atom is -0.486 e. The largest absolute Gasteiger partial charge is 0.486 e. The molecule has 5 heteroatoms. The first-order chi connectivity index (χ1) is 10.1. The molecule has 21 heavy (non-hydrogen) atoms. The molecule has 0 saturated carbocycles. The number of hydrogen-bond donors (Lipinski definition) is 1. The lowest BCUT2D eigenvalue weighted by Gasteiger charge is -2.09. The number of hydrogen-bond acceptors (Lipinski definition) is 2. The van der Waals surface area contributed by atoms with Gasteiger partial charge < -0.3 is 10.5 Å². The van der Waals surface area contributed by atoms with E-state index in [-0.39, 0.29) is 18.9 Å². The summed E-state index contributed by atoms with van der Waals surface area (Å²) in [6.07, 6.45) is 0. The van der Waals surface area contributed by atoms with Crippen molar-refractivity contribution in [2.75, 3.05) is 6.54 Å². The topological polar surface area (TPSA) is 35.2 Å². The first kappa shape index (κ1) is 14.9. The lowest BCUT2D eigenvalue weighted by Crippen LogP contribution is -2.01. The van der Waals surface area contributed by atoms with E-state index in [9.17, 15) is 13.2 Å². The molecule has 0 aliphatic carbocycles. The van der Waals surface area contributed by atoms with Gasteiger partial charge in [-0.2, -0.15) is 0 Å². The Hall–Kier alpha value is -2.45. The summed E-state index contributed by atoms with van der Waals surface area (Å²) >= 11 is 0. The van der Waals surface area contributed by atoms with Gasteiger partial charge in [0.25, 0.3) is 0 Å². The highest BCUT2D eigenvalue weighted by Gasteiger charge is 2.07. The first-order valence-electron chi connectivity index (χ1n) is 6.15. The molecule has 2 N–H and O–H groups in total. The first-order valence-corrected chi connectivity index (χ1v) is 6.15. The van der Waals surface area contributed by atoms with Crippen LogP contribution in [0.15, 0.2) is 36.4 Å². The van der Waals surface area contributed by atoms with E-state index in [2.05, 4.69) is 11.8 Å². The summed E-state index contributed by atoms with van der Waals surface area (Å²) in [5, 5.41) is 0. The summed E-state index contributed by atoms with van der Waals surface area (Å²) in [4.78, 5) is 0. The molecule has 0 aromatic heterocycles. The lowest BCUT2D eigenvalue weighted by atomic mass is 10.1. The maximum absolute atomic E-state index is 13.5. The van der Waals surface area contributed by atoms with Gasteiger partial charge in [0.2, 0.25) is 0 Å². The van der Waals surface area contributed by atoms with E-state index in [0.29, 0.717) is 11.1 Å². The molecule has 0 heterocycles. The zero-order chi connectivity index (χ0) is 15.2. The average molecular weight is 291 g/mol. The smallest absolute Gasteiger partial charge is 0.167 e. The van der Waals surface area contributed by atoms with E-state index in [1.54, 1.807) is 0 Å². The number of rotatable bonds is 3. The highest BCUT2D eigenvalue weighted by molar-refractivity contribution is 5.42. The van der Waals surface area contributed by atoms with Crippen molar-refractivity contribution in [3.8, 4) is 17.6 Å². The molecule has 0 radical (unpaired) electrons. The maximum Gasteiger partial charge on any atom is 0.167 e. The lowest BCUT2D eigenvalue weighted by molar-refractivity contribution is 0.289. The van der Waals surface area contributed by atoms with Gasteiger partial charge in [0.1, 0.15) is 18.2 Å². The molecule has 0 unspecified atom stereocenters. The summed E-state index contributed by atoms with van der Waals surface area (Å²) in [5.41, 5.74) is 6.28. The average Bonchev–Trinajstić information content (AvgIpc) is 2.45. The Labute approximate surface area is 120 Å². The SMILES string of the molecule is NCC#Cc1cc(F)ccc1COc1ccc(F)cc1F. The predicted octanol–water partition coefficient (Wildman–Crippen LogP) is 2.99. The van der Waals surface area contributed by atoms with E-state index in [1.165, 1.54) is 24.3 Å². The Bertz CT molecular complexity index is 704. The monoisotopic (exact) mass is 291 g/mol. The molecule has 2 aromatic rings. The third-order valence-corrected chi connectivity index (χ3v) is 2.67. The molecular formula is C16H12F3NO. The molecule has 0 saturated heterocycles. The van der Waals surface area contributed by atoms with Crippen LogP contribution in [0.1, 0.15) is 11.1 Å². The van der Waals surface area contributed by atoms with Crippen LogP contribution in [0.4, 0.5) is 13.2 Å². The van der Waals surface area contributed by atoms with Crippen LogP contribution >= 0.6 is 0 Å². The standard InChI is InChI=1S/C16H12F3NO/c17-13-4-3-12(11(8-13)2-1-7-20)10-21-16-6-5-14(18)9-15(16)19/h3-6,8-9H,7,10,20H2. The van der Waals surface area contributed by atoms with Gasteiger partial charge >= 0.3 is 0 Å². The van der Waals surface area contributed by atoms with E-state index in [4.69, 9.17) is 10.5 Å². The maximum atomic E-state index is 13.5. The molecule has 0 aliphatic rings. The summed E-state index contributed by atoms with van der Waals surface area (Å²) in [7, 11) is 0. The number of benzene rings is 2. The van der Waals surface area contributed by atoms with Crippen molar-refractivity contribution in [2.24, 2.45) is 5.73 Å². The normalized spacial score (nSPS) is 9.90. The van der Waals surface area contributed by atoms with Crippen molar-refractivity contribution in [3.05, 3.63) is 65.0 Å². The van der Waals surface area contributed by atoms with Gasteiger partial charge in [-0.3, -0.25) is 0 Å². The van der Waals surface area contributed by atoms with Crippen LogP contribution in [0.3, 0.4) is 0 Å². The fraction of sp³-hybridized carbons (Fsp3) is 0.125. The van der Waals surface area contributed by atoms with Crippen molar-refractivity contribution >= 4 is 0 Å². The van der Waals surface area contributed by atoms with Gasteiger partial charge in [-0.1, -0.05) is 17.9 Å². The second-order valence-corrected chi connectivity index (χ2v) is 4.17. The van der Waals surface area contributed by atoms with Gasteiger partial charge in [-0.15, -0.1) is 0 Å². The molecule has 0 spiro atoms. The van der Waals surface area contributed by atoms with Gasteiger partial charge in [0.15, 0.2) is 11.6 Å². The number of ether oxygens (including phenoxy) is 1. The van der Waals surface area contributed by atoms with Crippen molar-refractivity contribution in [1.29, 1.82) is 0 Å². The highest BCUT2D eigenvalue weighted by Crippen LogP contribution is 2.20. The third-order valence-electron chi connectivity index (χ3n) is 2.67. The fourth-order valence-corrected chi connectivity index (χ4v) is 1.68.